The zero-order valence-electron chi connectivity index (χ0n) is 15.6. The first kappa shape index (κ1) is 22.7. The monoisotopic (exact) mass is 458 g/mol. The van der Waals surface area contributed by atoms with Crippen LogP contribution in [0.3, 0.4) is 0 Å². The van der Waals surface area contributed by atoms with Gasteiger partial charge in [-0.25, -0.2) is 0 Å². The van der Waals surface area contributed by atoms with Gasteiger partial charge in [-0.05, 0) is 61.1 Å². The molecule has 0 amide bonds. The Labute approximate surface area is 179 Å². The Hall–Kier alpha value is 0.640. The maximum atomic E-state index is 6.65. The van der Waals surface area contributed by atoms with E-state index >= 15 is 0 Å². The zero-order valence-corrected chi connectivity index (χ0v) is 21.0. The number of halogens is 2. The van der Waals surface area contributed by atoms with E-state index in [0.29, 0.717) is 0 Å². The van der Waals surface area contributed by atoms with Crippen molar-refractivity contribution >= 4 is 32.7 Å². The molecule has 0 heterocycles. The van der Waals surface area contributed by atoms with Crippen LogP contribution in [0.2, 0.25) is 0 Å². The summed E-state index contributed by atoms with van der Waals surface area (Å²) in [5, 5.41) is 5.23. The van der Waals surface area contributed by atoms with Gasteiger partial charge in [-0.15, -0.1) is 0 Å². The molecule has 0 fully saturated rings. The maximum absolute atomic E-state index is 6.65. The van der Waals surface area contributed by atoms with Crippen LogP contribution >= 0.6 is 23.2 Å². The van der Waals surface area contributed by atoms with E-state index in [4.69, 9.17) is 23.2 Å². The predicted octanol–water partition coefficient (Wildman–Crippen LogP) is 6.87. The normalized spacial score (nSPS) is 18.2. The van der Waals surface area contributed by atoms with Gasteiger partial charge < -0.3 is 0 Å². The molecule has 0 saturated heterocycles. The van der Waals surface area contributed by atoms with Crippen molar-refractivity contribution in [3.63, 3.8) is 0 Å². The standard InChI is InChI=1S/C20H30Cl2Si.Zr/c1-5-7-9-15-13(3)11-17(21)19(15)23-20-16(10-8-6-2)14(4)12-18(20)22;/h5-12,23H2,1-4H3;. The molecule has 0 nitrogen and oxygen atoms in total. The van der Waals surface area contributed by atoms with Gasteiger partial charge in [0.15, 0.2) is 0 Å². The van der Waals surface area contributed by atoms with Gasteiger partial charge in [-0.2, -0.15) is 0 Å². The van der Waals surface area contributed by atoms with Crippen molar-refractivity contribution in [2.24, 2.45) is 0 Å². The Morgan fingerprint density at radius 2 is 1.17 bits per heavy atom. The third-order valence-electron chi connectivity index (χ3n) is 5.17. The van der Waals surface area contributed by atoms with Gasteiger partial charge in [0.05, 0.1) is 9.52 Å². The molecule has 0 bridgehead atoms. The van der Waals surface area contributed by atoms with Gasteiger partial charge in [-0.1, -0.05) is 61.0 Å². The van der Waals surface area contributed by atoms with E-state index in [1.165, 1.54) is 60.1 Å². The number of unbranched alkanes of at least 4 members (excludes halogenated alkanes) is 2. The van der Waals surface area contributed by atoms with Crippen molar-refractivity contribution in [3.8, 4) is 0 Å². The molecule has 24 heavy (non-hydrogen) atoms. The quantitative estimate of drug-likeness (QED) is 0.347. The minimum absolute atomic E-state index is 0. The van der Waals surface area contributed by atoms with Crippen LogP contribution in [0.5, 0.6) is 0 Å². The Morgan fingerprint density at radius 3 is 1.50 bits per heavy atom. The van der Waals surface area contributed by atoms with E-state index in [1.807, 2.05) is 0 Å². The fourth-order valence-corrected chi connectivity index (χ4v) is 7.15. The first-order valence-electron chi connectivity index (χ1n) is 9.12. The Morgan fingerprint density at radius 1 is 0.792 bits per heavy atom. The Balaban J connectivity index is 0.00000288. The molecule has 0 unspecified atom stereocenters. The van der Waals surface area contributed by atoms with E-state index in [-0.39, 0.29) is 26.2 Å². The largest absolute Gasteiger partial charge is 0.0912 e. The summed E-state index contributed by atoms with van der Waals surface area (Å²) in [5.74, 6) is 0. The average Bonchev–Trinajstić information content (AvgIpc) is 2.92. The number of hydrogen-bond donors (Lipinski definition) is 0. The van der Waals surface area contributed by atoms with Crippen molar-refractivity contribution in [2.45, 2.75) is 79.1 Å². The average molecular weight is 461 g/mol. The summed E-state index contributed by atoms with van der Waals surface area (Å²) >= 11 is 13.3. The van der Waals surface area contributed by atoms with E-state index in [2.05, 4.69) is 27.7 Å². The van der Waals surface area contributed by atoms with Crippen molar-refractivity contribution in [1.82, 2.24) is 0 Å². The summed E-state index contributed by atoms with van der Waals surface area (Å²) < 4.78 is 0. The smallest absolute Gasteiger partial charge is 0.0889 e. The molecule has 0 N–H and O–H groups in total. The van der Waals surface area contributed by atoms with E-state index in [1.54, 1.807) is 11.1 Å². The van der Waals surface area contributed by atoms with Crippen molar-refractivity contribution in [2.75, 3.05) is 0 Å². The Kier molecular flexibility index (Phi) is 10.1. The second-order valence-corrected chi connectivity index (χ2v) is 9.70. The van der Waals surface area contributed by atoms with Crippen LogP contribution in [0.25, 0.3) is 0 Å². The number of rotatable bonds is 8. The van der Waals surface area contributed by atoms with Crippen LogP contribution in [-0.4, -0.2) is 9.52 Å². The van der Waals surface area contributed by atoms with Crippen LogP contribution in [0.1, 0.15) is 79.1 Å². The fraction of sp³-hybridized carbons (Fsp3) is 0.600. The molecule has 0 aromatic carbocycles. The summed E-state index contributed by atoms with van der Waals surface area (Å²) in [5.41, 5.74) is 6.13. The molecule has 2 aliphatic carbocycles. The number of hydrogen-bond acceptors (Lipinski definition) is 0. The molecule has 132 valence electrons. The van der Waals surface area contributed by atoms with Gasteiger partial charge >= 0.3 is 0 Å². The van der Waals surface area contributed by atoms with Crippen molar-refractivity contribution in [1.29, 1.82) is 0 Å². The minimum Gasteiger partial charge on any atom is -0.0889 e. The van der Waals surface area contributed by atoms with Crippen LogP contribution in [0.15, 0.2) is 42.7 Å². The molecule has 2 rings (SSSR count). The first-order chi connectivity index (χ1) is 11.0. The Bertz CT molecular complexity index is 545. The van der Waals surface area contributed by atoms with Gasteiger partial charge in [0.1, 0.15) is 0 Å². The summed E-state index contributed by atoms with van der Waals surface area (Å²) in [4.78, 5) is 0. The van der Waals surface area contributed by atoms with Crippen LogP contribution in [0, 0.1) is 0 Å². The van der Waals surface area contributed by atoms with E-state index < -0.39 is 9.52 Å². The molecule has 0 radical (unpaired) electrons. The van der Waals surface area contributed by atoms with Gasteiger partial charge in [0, 0.05) is 49.1 Å². The van der Waals surface area contributed by atoms with Gasteiger partial charge in [-0.3, -0.25) is 0 Å². The van der Waals surface area contributed by atoms with Gasteiger partial charge in [0.25, 0.3) is 0 Å². The summed E-state index contributed by atoms with van der Waals surface area (Å²) in [6.07, 6.45) is 9.35. The van der Waals surface area contributed by atoms with Crippen molar-refractivity contribution < 1.29 is 26.2 Å². The second-order valence-electron chi connectivity index (χ2n) is 7.02. The van der Waals surface area contributed by atoms with Crippen molar-refractivity contribution in [3.05, 3.63) is 42.7 Å². The van der Waals surface area contributed by atoms with E-state index in [0.717, 1.165) is 22.9 Å². The van der Waals surface area contributed by atoms with Crippen LogP contribution in [-0.2, 0) is 26.2 Å². The summed E-state index contributed by atoms with van der Waals surface area (Å²) in [6, 6.07) is 0. The summed E-state index contributed by atoms with van der Waals surface area (Å²) in [6.45, 7) is 9.05. The summed E-state index contributed by atoms with van der Waals surface area (Å²) in [7, 11) is -0.565. The maximum Gasteiger partial charge on any atom is 0.0912 e. The van der Waals surface area contributed by atoms with Gasteiger partial charge in [0.2, 0.25) is 0 Å². The molecule has 0 atom stereocenters. The third-order valence-corrected chi connectivity index (χ3v) is 8.75. The third kappa shape index (κ3) is 5.32. The number of allylic oxidation sites excluding steroid dienone is 8. The SMILES string of the molecule is CCCCC1=C(C)CC(Cl)=C1[SiH2]C1=C(Cl)CC(C)=C1CCCC.[Zr]. The molecule has 0 saturated carbocycles. The molecule has 0 aromatic rings. The fourth-order valence-electron chi connectivity index (χ4n) is 3.75. The second kappa shape index (κ2) is 10.7. The minimum atomic E-state index is -0.565. The molecule has 0 aliphatic heterocycles. The molecule has 0 spiro atoms. The van der Waals surface area contributed by atoms with E-state index in [9.17, 15) is 0 Å². The topological polar surface area (TPSA) is 0 Å². The molecular formula is C20H30Cl2SiZr. The molecule has 4 heteroatoms. The molecule has 0 aromatic heterocycles. The first-order valence-corrected chi connectivity index (χ1v) is 11.3. The van der Waals surface area contributed by atoms with Crippen LogP contribution in [0.4, 0.5) is 0 Å². The molecule has 2 aliphatic rings. The molecular weight excluding hydrogens is 430 g/mol. The van der Waals surface area contributed by atoms with Crippen LogP contribution < -0.4 is 0 Å². The zero-order chi connectivity index (χ0) is 17.0. The predicted molar refractivity (Wildman–Crippen MR) is 108 cm³/mol.